The normalized spacial score (nSPS) is 11.0. The molecular weight excluding hydrogens is 332 g/mol. The summed E-state index contributed by atoms with van der Waals surface area (Å²) in [4.78, 5) is 28.1. The molecule has 2 heterocycles. The Morgan fingerprint density at radius 2 is 2.08 bits per heavy atom. The molecule has 0 atom stereocenters. The fourth-order valence-electron chi connectivity index (χ4n) is 2.49. The molecule has 1 aromatic carbocycles. The minimum absolute atomic E-state index is 0.111. The van der Waals surface area contributed by atoms with Gasteiger partial charge < -0.3 is 4.74 Å². The van der Waals surface area contributed by atoms with E-state index in [9.17, 15) is 18.4 Å². The standard InChI is InChI=1S/C17H15F2N3O3/c1-2-25-17(24)13-9-14-20-11(8-15(23)22(14)21-13)7-6-10-4-3-5-12(18)16(10)19/h3-5,8-9,21H,2,6-7H2,1H3. The van der Waals surface area contributed by atoms with Gasteiger partial charge in [-0.3, -0.25) is 9.89 Å². The Hall–Kier alpha value is -3.03. The molecule has 0 radical (unpaired) electrons. The highest BCUT2D eigenvalue weighted by Crippen LogP contribution is 2.14. The van der Waals surface area contributed by atoms with Gasteiger partial charge in [0.1, 0.15) is 5.69 Å². The van der Waals surface area contributed by atoms with Gasteiger partial charge in [-0.15, -0.1) is 0 Å². The number of fused-ring (bicyclic) bond motifs is 1. The van der Waals surface area contributed by atoms with Gasteiger partial charge in [-0.1, -0.05) is 12.1 Å². The van der Waals surface area contributed by atoms with Crippen molar-refractivity contribution in [3.8, 4) is 0 Å². The number of aryl methyl sites for hydroxylation is 2. The number of carbonyl (C=O) groups is 1. The first kappa shape index (κ1) is 16.8. The molecule has 0 amide bonds. The summed E-state index contributed by atoms with van der Waals surface area (Å²) in [6.45, 7) is 1.88. The molecule has 6 nitrogen and oxygen atoms in total. The van der Waals surface area contributed by atoms with Crippen molar-refractivity contribution in [1.29, 1.82) is 0 Å². The topological polar surface area (TPSA) is 76.5 Å². The minimum atomic E-state index is -0.911. The summed E-state index contributed by atoms with van der Waals surface area (Å²) >= 11 is 0. The van der Waals surface area contributed by atoms with Gasteiger partial charge in [0.05, 0.1) is 6.61 Å². The number of aromatic nitrogens is 3. The zero-order valence-electron chi connectivity index (χ0n) is 13.4. The van der Waals surface area contributed by atoms with Crippen LogP contribution in [0.15, 0.2) is 35.1 Å². The average Bonchev–Trinajstić information content (AvgIpc) is 3.01. The van der Waals surface area contributed by atoms with Gasteiger partial charge in [-0.05, 0) is 31.4 Å². The van der Waals surface area contributed by atoms with Crippen molar-refractivity contribution < 1.29 is 18.3 Å². The van der Waals surface area contributed by atoms with Crippen LogP contribution in [0, 0.1) is 11.6 Å². The van der Waals surface area contributed by atoms with E-state index in [1.54, 1.807) is 6.92 Å². The van der Waals surface area contributed by atoms with E-state index in [2.05, 4.69) is 10.1 Å². The maximum absolute atomic E-state index is 13.7. The number of ether oxygens (including phenoxy) is 1. The molecular formula is C17H15F2N3O3. The van der Waals surface area contributed by atoms with E-state index in [1.807, 2.05) is 0 Å². The van der Waals surface area contributed by atoms with E-state index in [1.165, 1.54) is 24.3 Å². The summed E-state index contributed by atoms with van der Waals surface area (Å²) in [6, 6.07) is 6.66. The Bertz CT molecular complexity index is 994. The van der Waals surface area contributed by atoms with Gasteiger partial charge in [0, 0.05) is 17.8 Å². The predicted molar refractivity (Wildman–Crippen MR) is 85.5 cm³/mol. The number of nitrogens with one attached hydrogen (secondary N) is 1. The Balaban J connectivity index is 1.86. The van der Waals surface area contributed by atoms with Gasteiger partial charge in [-0.25, -0.2) is 23.1 Å². The molecule has 1 N–H and O–H groups in total. The van der Waals surface area contributed by atoms with Crippen LogP contribution < -0.4 is 5.56 Å². The monoisotopic (exact) mass is 347 g/mol. The summed E-state index contributed by atoms with van der Waals surface area (Å²) < 4.78 is 32.9. The molecule has 0 aliphatic rings. The molecule has 0 fully saturated rings. The second kappa shape index (κ2) is 6.84. The van der Waals surface area contributed by atoms with E-state index >= 15 is 0 Å². The lowest BCUT2D eigenvalue weighted by molar-refractivity contribution is 0.0519. The van der Waals surface area contributed by atoms with E-state index < -0.39 is 23.2 Å². The van der Waals surface area contributed by atoms with E-state index in [-0.39, 0.29) is 36.4 Å². The lowest BCUT2D eigenvalue weighted by Gasteiger charge is -2.04. The Kier molecular flexibility index (Phi) is 4.60. The first-order valence-corrected chi connectivity index (χ1v) is 7.71. The van der Waals surface area contributed by atoms with Crippen LogP contribution in [-0.2, 0) is 17.6 Å². The molecule has 0 spiro atoms. The average molecular weight is 347 g/mol. The number of benzene rings is 1. The fourth-order valence-corrected chi connectivity index (χ4v) is 2.49. The number of rotatable bonds is 5. The molecule has 3 aromatic rings. The van der Waals surface area contributed by atoms with Crippen molar-refractivity contribution >= 4 is 11.6 Å². The molecule has 0 aliphatic carbocycles. The maximum atomic E-state index is 13.7. The van der Waals surface area contributed by atoms with Gasteiger partial charge in [-0.2, -0.15) is 0 Å². The van der Waals surface area contributed by atoms with Gasteiger partial charge in [0.2, 0.25) is 0 Å². The van der Waals surface area contributed by atoms with Crippen LogP contribution in [0.1, 0.15) is 28.7 Å². The number of halogens is 2. The number of aromatic amines is 1. The molecule has 0 saturated carbocycles. The van der Waals surface area contributed by atoms with Gasteiger partial charge >= 0.3 is 5.97 Å². The zero-order chi connectivity index (χ0) is 18.0. The highest BCUT2D eigenvalue weighted by atomic mass is 19.2. The largest absolute Gasteiger partial charge is 0.461 e. The van der Waals surface area contributed by atoms with Crippen molar-refractivity contribution in [3.05, 3.63) is 69.3 Å². The second-order valence-corrected chi connectivity index (χ2v) is 5.38. The van der Waals surface area contributed by atoms with Crippen molar-refractivity contribution in [1.82, 2.24) is 14.6 Å². The van der Waals surface area contributed by atoms with E-state index in [0.29, 0.717) is 5.69 Å². The first-order chi connectivity index (χ1) is 12.0. The fraction of sp³-hybridized carbons (Fsp3) is 0.235. The lowest BCUT2D eigenvalue weighted by atomic mass is 10.1. The SMILES string of the molecule is CCOC(=O)c1cc2nc(CCc3cccc(F)c3F)cc(=O)n2[nH]1. The Labute approximate surface area is 141 Å². The van der Waals surface area contributed by atoms with E-state index in [4.69, 9.17) is 4.74 Å². The van der Waals surface area contributed by atoms with E-state index in [0.717, 1.165) is 10.6 Å². The molecule has 0 bridgehead atoms. The van der Waals surface area contributed by atoms with Crippen LogP contribution in [0.4, 0.5) is 8.78 Å². The van der Waals surface area contributed by atoms with Crippen LogP contribution in [-0.4, -0.2) is 27.2 Å². The molecule has 0 aliphatic heterocycles. The van der Waals surface area contributed by atoms with Crippen LogP contribution in [0.25, 0.3) is 5.65 Å². The van der Waals surface area contributed by atoms with Crippen LogP contribution in [0.3, 0.4) is 0 Å². The minimum Gasteiger partial charge on any atom is -0.461 e. The first-order valence-electron chi connectivity index (χ1n) is 7.71. The highest BCUT2D eigenvalue weighted by Gasteiger charge is 2.14. The third-order valence-electron chi connectivity index (χ3n) is 3.68. The summed E-state index contributed by atoms with van der Waals surface area (Å²) in [6.07, 6.45) is 0.452. The van der Waals surface area contributed by atoms with Crippen molar-refractivity contribution in [2.45, 2.75) is 19.8 Å². The van der Waals surface area contributed by atoms with Gasteiger partial charge in [0.25, 0.3) is 5.56 Å². The molecule has 25 heavy (non-hydrogen) atoms. The molecule has 0 saturated heterocycles. The molecule has 3 rings (SSSR count). The third-order valence-corrected chi connectivity index (χ3v) is 3.68. The summed E-state index contributed by atoms with van der Waals surface area (Å²) in [7, 11) is 0. The highest BCUT2D eigenvalue weighted by molar-refractivity contribution is 5.88. The number of esters is 1. The molecule has 8 heteroatoms. The predicted octanol–water partition coefficient (Wildman–Crippen LogP) is 2.26. The van der Waals surface area contributed by atoms with Crippen LogP contribution >= 0.6 is 0 Å². The molecule has 2 aromatic heterocycles. The number of hydrogen-bond donors (Lipinski definition) is 1. The Morgan fingerprint density at radius 1 is 1.28 bits per heavy atom. The summed E-state index contributed by atoms with van der Waals surface area (Å²) in [5.74, 6) is -2.40. The van der Waals surface area contributed by atoms with Crippen molar-refractivity contribution in [2.75, 3.05) is 6.61 Å². The smallest absolute Gasteiger partial charge is 0.356 e. The van der Waals surface area contributed by atoms with Crippen LogP contribution in [0.5, 0.6) is 0 Å². The second-order valence-electron chi connectivity index (χ2n) is 5.38. The van der Waals surface area contributed by atoms with Crippen molar-refractivity contribution in [2.24, 2.45) is 0 Å². The number of H-pyrrole nitrogens is 1. The molecule has 130 valence electrons. The maximum Gasteiger partial charge on any atom is 0.356 e. The molecule has 0 unspecified atom stereocenters. The van der Waals surface area contributed by atoms with Crippen molar-refractivity contribution in [3.63, 3.8) is 0 Å². The lowest BCUT2D eigenvalue weighted by Crippen LogP contribution is -2.16. The van der Waals surface area contributed by atoms with Gasteiger partial charge in [0.15, 0.2) is 17.3 Å². The Morgan fingerprint density at radius 3 is 2.84 bits per heavy atom. The zero-order valence-corrected chi connectivity index (χ0v) is 13.4. The number of hydrogen-bond acceptors (Lipinski definition) is 4. The quantitative estimate of drug-likeness (QED) is 0.719. The number of carbonyl (C=O) groups excluding carboxylic acids is 1. The summed E-state index contributed by atoms with van der Waals surface area (Å²) in [5.41, 5.74) is 0.589. The third kappa shape index (κ3) is 3.42. The summed E-state index contributed by atoms with van der Waals surface area (Å²) in [5, 5.41) is 2.62. The van der Waals surface area contributed by atoms with Crippen LogP contribution in [0.2, 0.25) is 0 Å². The number of nitrogens with zero attached hydrogens (tertiary/aromatic N) is 2.